The molecule has 4 nitrogen and oxygen atoms in total. The topological polar surface area (TPSA) is 43.6 Å². The van der Waals surface area contributed by atoms with Gasteiger partial charge in [0.05, 0.1) is 12.4 Å². The van der Waals surface area contributed by atoms with E-state index in [-0.39, 0.29) is 0 Å². The largest absolute Gasteiger partial charge is 0.266 e. The van der Waals surface area contributed by atoms with E-state index < -0.39 is 0 Å². The number of halogens is 1. The lowest BCUT2D eigenvalue weighted by Gasteiger charge is -2.01. The molecule has 2 rings (SSSR count). The Hall–Kier alpha value is -1.16. The minimum atomic E-state index is 0.315. The maximum atomic E-state index is 5.68. The lowest BCUT2D eigenvalue weighted by molar-refractivity contribution is 0.536. The summed E-state index contributed by atoms with van der Waals surface area (Å²) in [4.78, 5) is 8.16. The van der Waals surface area contributed by atoms with Crippen LogP contribution in [0.4, 0.5) is 0 Å². The van der Waals surface area contributed by atoms with Crippen molar-refractivity contribution in [2.75, 3.05) is 0 Å². The summed E-state index contributed by atoms with van der Waals surface area (Å²) in [5.41, 5.74) is 1.37. The Kier molecular flexibility index (Phi) is 1.92. The number of aromatic nitrogens is 4. The van der Waals surface area contributed by atoms with Gasteiger partial charge in [0.15, 0.2) is 0 Å². The SMILES string of the molecule is CC(C)n1cc2ncc(Cl)nc2n1. The van der Waals surface area contributed by atoms with Crippen LogP contribution in [0.15, 0.2) is 12.4 Å². The molecule has 0 fully saturated rings. The van der Waals surface area contributed by atoms with E-state index in [0.717, 1.165) is 5.52 Å². The predicted molar refractivity (Wildman–Crippen MR) is 50.7 cm³/mol. The summed E-state index contributed by atoms with van der Waals surface area (Å²) in [6, 6.07) is 0.315. The van der Waals surface area contributed by atoms with Crippen LogP contribution in [0.25, 0.3) is 11.2 Å². The van der Waals surface area contributed by atoms with Crippen molar-refractivity contribution in [3.05, 3.63) is 17.5 Å². The van der Waals surface area contributed by atoms with Crippen molar-refractivity contribution in [3.63, 3.8) is 0 Å². The molecular weight excluding hydrogens is 188 g/mol. The smallest absolute Gasteiger partial charge is 0.201 e. The van der Waals surface area contributed by atoms with Gasteiger partial charge >= 0.3 is 0 Å². The molecule has 0 aromatic carbocycles. The second-order valence-corrected chi connectivity index (χ2v) is 3.49. The van der Waals surface area contributed by atoms with Crippen molar-refractivity contribution in [3.8, 4) is 0 Å². The van der Waals surface area contributed by atoms with Gasteiger partial charge in [-0.05, 0) is 13.8 Å². The Balaban J connectivity index is 2.62. The van der Waals surface area contributed by atoms with Crippen LogP contribution in [0.1, 0.15) is 19.9 Å². The van der Waals surface area contributed by atoms with Crippen LogP contribution in [-0.2, 0) is 0 Å². The number of nitrogens with zero attached hydrogens (tertiary/aromatic N) is 4. The summed E-state index contributed by atoms with van der Waals surface area (Å²) in [6.45, 7) is 4.10. The van der Waals surface area contributed by atoms with Crippen LogP contribution >= 0.6 is 11.6 Å². The van der Waals surface area contributed by atoms with Crippen LogP contribution < -0.4 is 0 Å². The fraction of sp³-hybridized carbons (Fsp3) is 0.375. The van der Waals surface area contributed by atoms with E-state index in [4.69, 9.17) is 11.6 Å². The van der Waals surface area contributed by atoms with Gasteiger partial charge in [-0.1, -0.05) is 11.6 Å². The lowest BCUT2D eigenvalue weighted by Crippen LogP contribution is -2.00. The Morgan fingerprint density at radius 1 is 1.46 bits per heavy atom. The second-order valence-electron chi connectivity index (χ2n) is 3.10. The van der Waals surface area contributed by atoms with Crippen LogP contribution in [0.2, 0.25) is 5.15 Å². The third kappa shape index (κ3) is 1.49. The molecule has 5 heteroatoms. The molecule has 0 unspecified atom stereocenters. The average molecular weight is 197 g/mol. The normalized spacial score (nSPS) is 11.4. The fourth-order valence-electron chi connectivity index (χ4n) is 1.06. The van der Waals surface area contributed by atoms with Crippen molar-refractivity contribution >= 4 is 22.8 Å². The first kappa shape index (κ1) is 8.44. The van der Waals surface area contributed by atoms with Gasteiger partial charge < -0.3 is 0 Å². The molecule has 13 heavy (non-hydrogen) atoms. The zero-order chi connectivity index (χ0) is 9.42. The minimum Gasteiger partial charge on any atom is -0.266 e. The molecular formula is C8H9ClN4. The number of fused-ring (bicyclic) bond motifs is 1. The van der Waals surface area contributed by atoms with Crippen LogP contribution in [0.5, 0.6) is 0 Å². The molecule has 0 saturated heterocycles. The van der Waals surface area contributed by atoms with Crippen molar-refractivity contribution in [1.82, 2.24) is 19.7 Å². The summed E-state index contributed by atoms with van der Waals surface area (Å²) in [6.07, 6.45) is 3.39. The van der Waals surface area contributed by atoms with Crippen molar-refractivity contribution in [1.29, 1.82) is 0 Å². The van der Waals surface area contributed by atoms with E-state index in [0.29, 0.717) is 16.8 Å². The molecule has 0 radical (unpaired) electrons. The molecule has 2 aromatic heterocycles. The molecule has 68 valence electrons. The minimum absolute atomic E-state index is 0.315. The zero-order valence-corrected chi connectivity index (χ0v) is 8.15. The van der Waals surface area contributed by atoms with E-state index in [1.807, 2.05) is 24.7 Å². The van der Waals surface area contributed by atoms with Gasteiger partial charge in [0.25, 0.3) is 0 Å². The predicted octanol–water partition coefficient (Wildman–Crippen LogP) is 2.06. The highest BCUT2D eigenvalue weighted by atomic mass is 35.5. The maximum absolute atomic E-state index is 5.68. The van der Waals surface area contributed by atoms with Crippen LogP contribution in [-0.4, -0.2) is 19.7 Å². The summed E-state index contributed by atoms with van der Waals surface area (Å²) in [7, 11) is 0. The van der Waals surface area contributed by atoms with E-state index in [1.165, 1.54) is 6.20 Å². The summed E-state index contributed by atoms with van der Waals surface area (Å²) in [5, 5.41) is 4.61. The third-order valence-corrected chi connectivity index (χ3v) is 1.93. The molecule has 2 heterocycles. The molecule has 0 bridgehead atoms. The molecule has 0 amide bonds. The second kappa shape index (κ2) is 2.96. The van der Waals surface area contributed by atoms with Gasteiger partial charge in [0.2, 0.25) is 5.65 Å². The Bertz CT molecular complexity index is 435. The number of hydrogen-bond donors (Lipinski definition) is 0. The molecule has 0 saturated carbocycles. The molecule has 0 spiro atoms. The highest BCUT2D eigenvalue weighted by Gasteiger charge is 2.05. The Morgan fingerprint density at radius 3 is 2.92 bits per heavy atom. The standard InChI is InChI=1S/C8H9ClN4/c1-5(2)13-4-6-8(12-13)11-7(9)3-10-6/h3-5H,1-2H3. The van der Waals surface area contributed by atoms with Crippen molar-refractivity contribution in [2.24, 2.45) is 0 Å². The van der Waals surface area contributed by atoms with E-state index in [9.17, 15) is 0 Å². The zero-order valence-electron chi connectivity index (χ0n) is 7.40. The van der Waals surface area contributed by atoms with Crippen LogP contribution in [0.3, 0.4) is 0 Å². The molecule has 0 atom stereocenters. The Labute approximate surface area is 80.6 Å². The maximum Gasteiger partial charge on any atom is 0.201 e. The molecule has 0 aliphatic heterocycles. The first-order chi connectivity index (χ1) is 6.16. The van der Waals surface area contributed by atoms with E-state index >= 15 is 0 Å². The fourth-order valence-corrected chi connectivity index (χ4v) is 1.19. The summed E-state index contributed by atoms with van der Waals surface area (Å²) in [5.74, 6) is 0. The first-order valence-electron chi connectivity index (χ1n) is 4.04. The molecule has 2 aromatic rings. The molecule has 0 N–H and O–H groups in total. The quantitative estimate of drug-likeness (QED) is 0.701. The average Bonchev–Trinajstić information content (AvgIpc) is 2.46. The number of hydrogen-bond acceptors (Lipinski definition) is 3. The van der Waals surface area contributed by atoms with Crippen molar-refractivity contribution < 1.29 is 0 Å². The summed E-state index contributed by atoms with van der Waals surface area (Å²) < 4.78 is 1.82. The molecule has 0 aliphatic carbocycles. The summed E-state index contributed by atoms with van der Waals surface area (Å²) >= 11 is 5.68. The van der Waals surface area contributed by atoms with Gasteiger partial charge in [-0.15, -0.1) is 0 Å². The van der Waals surface area contributed by atoms with E-state index in [2.05, 4.69) is 15.1 Å². The van der Waals surface area contributed by atoms with Crippen molar-refractivity contribution in [2.45, 2.75) is 19.9 Å². The highest BCUT2D eigenvalue weighted by Crippen LogP contribution is 2.12. The monoisotopic (exact) mass is 196 g/mol. The van der Waals surface area contributed by atoms with Crippen LogP contribution in [0, 0.1) is 0 Å². The van der Waals surface area contributed by atoms with Gasteiger partial charge in [0, 0.05) is 6.04 Å². The highest BCUT2D eigenvalue weighted by molar-refractivity contribution is 6.29. The Morgan fingerprint density at radius 2 is 2.23 bits per heavy atom. The van der Waals surface area contributed by atoms with Gasteiger partial charge in [-0.3, -0.25) is 4.68 Å². The third-order valence-electron chi connectivity index (χ3n) is 1.75. The first-order valence-corrected chi connectivity index (χ1v) is 4.42. The van der Waals surface area contributed by atoms with Gasteiger partial charge in [0.1, 0.15) is 10.7 Å². The van der Waals surface area contributed by atoms with Gasteiger partial charge in [-0.25, -0.2) is 9.97 Å². The lowest BCUT2D eigenvalue weighted by atomic mass is 10.4. The number of rotatable bonds is 1. The van der Waals surface area contributed by atoms with Gasteiger partial charge in [-0.2, -0.15) is 5.10 Å². The molecule has 0 aliphatic rings. The van der Waals surface area contributed by atoms with E-state index in [1.54, 1.807) is 0 Å².